The number of likely N-dealkylation sites (N-methyl/N-ethyl adjacent to an activating group) is 1. The van der Waals surface area contributed by atoms with Crippen LogP contribution in [0.1, 0.15) is 5.69 Å². The molecule has 0 bridgehead atoms. The second-order valence-electron chi connectivity index (χ2n) is 5.61. The summed E-state index contributed by atoms with van der Waals surface area (Å²) in [5, 5.41) is 0.662. The molecule has 0 fully saturated rings. The highest BCUT2D eigenvalue weighted by atomic mass is 35.5. The Balaban J connectivity index is 2.19. The zero-order valence-corrected chi connectivity index (χ0v) is 14.0. The van der Waals surface area contributed by atoms with Crippen LogP contribution < -0.4 is 0 Å². The van der Waals surface area contributed by atoms with Gasteiger partial charge in [0.2, 0.25) is 5.91 Å². The van der Waals surface area contributed by atoms with Crippen molar-refractivity contribution in [3.63, 3.8) is 0 Å². The number of carbonyl (C=O) groups is 1. The van der Waals surface area contributed by atoms with Gasteiger partial charge in [-0.2, -0.15) is 0 Å². The zero-order chi connectivity index (χ0) is 16.6. The number of benzene rings is 1. The fraction of sp³-hybridized carbons (Fsp3) is 0.235. The summed E-state index contributed by atoms with van der Waals surface area (Å²) < 4.78 is 1.86. The van der Waals surface area contributed by atoms with Crippen molar-refractivity contribution in [3.8, 4) is 11.4 Å². The van der Waals surface area contributed by atoms with Gasteiger partial charge in [0, 0.05) is 30.4 Å². The number of hydrogen-bond acceptors (Lipinski definition) is 3. The van der Waals surface area contributed by atoms with Crippen molar-refractivity contribution in [2.75, 3.05) is 14.1 Å². The van der Waals surface area contributed by atoms with Crippen LogP contribution in [-0.4, -0.2) is 39.4 Å². The first kappa shape index (κ1) is 15.5. The molecule has 0 atom stereocenters. The van der Waals surface area contributed by atoms with E-state index >= 15 is 0 Å². The lowest BCUT2D eigenvalue weighted by atomic mass is 10.2. The predicted molar refractivity (Wildman–Crippen MR) is 91.4 cm³/mol. The molecule has 0 unspecified atom stereocenters. The van der Waals surface area contributed by atoms with E-state index in [0.29, 0.717) is 16.5 Å². The third kappa shape index (κ3) is 3.05. The smallest absolute Gasteiger partial charge is 0.242 e. The number of amides is 1. The Kier molecular flexibility index (Phi) is 4.05. The SMILES string of the molecule is Cc1ccc2nc(-c3ccc(Cl)cc3)n(CC(=O)N(C)C)c2n1. The first-order chi connectivity index (χ1) is 11.0. The summed E-state index contributed by atoms with van der Waals surface area (Å²) in [6.45, 7) is 2.12. The first-order valence-electron chi connectivity index (χ1n) is 7.25. The van der Waals surface area contributed by atoms with Crippen LogP contribution in [0.25, 0.3) is 22.6 Å². The van der Waals surface area contributed by atoms with Crippen molar-refractivity contribution in [1.82, 2.24) is 19.4 Å². The maximum Gasteiger partial charge on any atom is 0.242 e. The van der Waals surface area contributed by atoms with Crippen LogP contribution in [-0.2, 0) is 11.3 Å². The van der Waals surface area contributed by atoms with Crippen LogP contribution in [0.15, 0.2) is 36.4 Å². The lowest BCUT2D eigenvalue weighted by molar-refractivity contribution is -0.129. The van der Waals surface area contributed by atoms with Gasteiger partial charge in [-0.1, -0.05) is 11.6 Å². The number of aryl methyl sites for hydroxylation is 1. The van der Waals surface area contributed by atoms with Crippen molar-refractivity contribution in [3.05, 3.63) is 47.1 Å². The molecule has 0 N–H and O–H groups in total. The Hall–Kier alpha value is -2.40. The molecule has 3 rings (SSSR count). The third-order valence-corrected chi connectivity index (χ3v) is 3.88. The van der Waals surface area contributed by atoms with Crippen LogP contribution in [0.3, 0.4) is 0 Å². The third-order valence-electron chi connectivity index (χ3n) is 3.63. The minimum atomic E-state index is -0.0113. The summed E-state index contributed by atoms with van der Waals surface area (Å²) in [5.74, 6) is 0.702. The molecule has 2 aromatic heterocycles. The highest BCUT2D eigenvalue weighted by Crippen LogP contribution is 2.25. The minimum absolute atomic E-state index is 0.0113. The number of fused-ring (bicyclic) bond motifs is 1. The van der Waals surface area contributed by atoms with E-state index in [1.165, 1.54) is 0 Å². The first-order valence-corrected chi connectivity index (χ1v) is 7.63. The molecule has 1 amide bonds. The van der Waals surface area contributed by atoms with Gasteiger partial charge in [0.05, 0.1) is 0 Å². The van der Waals surface area contributed by atoms with Gasteiger partial charge >= 0.3 is 0 Å². The van der Waals surface area contributed by atoms with E-state index < -0.39 is 0 Å². The van der Waals surface area contributed by atoms with E-state index in [4.69, 9.17) is 11.6 Å². The van der Waals surface area contributed by atoms with E-state index in [9.17, 15) is 4.79 Å². The molecule has 0 saturated heterocycles. The monoisotopic (exact) mass is 328 g/mol. The number of rotatable bonds is 3. The molecular formula is C17H17ClN4O. The van der Waals surface area contributed by atoms with Crippen LogP contribution in [0, 0.1) is 6.92 Å². The van der Waals surface area contributed by atoms with E-state index in [1.807, 2.05) is 47.9 Å². The standard InChI is InChI=1S/C17H17ClN4O/c1-11-4-9-14-17(19-11)22(10-15(23)21(2)3)16(20-14)12-5-7-13(18)8-6-12/h4-9H,10H2,1-3H3. The summed E-state index contributed by atoms with van der Waals surface area (Å²) in [6.07, 6.45) is 0. The number of aromatic nitrogens is 3. The highest BCUT2D eigenvalue weighted by molar-refractivity contribution is 6.30. The summed E-state index contributed by atoms with van der Waals surface area (Å²) in [6, 6.07) is 11.3. The van der Waals surface area contributed by atoms with Crippen LogP contribution in [0.2, 0.25) is 5.02 Å². The molecule has 118 valence electrons. The molecule has 5 nitrogen and oxygen atoms in total. The van der Waals surface area contributed by atoms with E-state index in [0.717, 1.165) is 16.8 Å². The highest BCUT2D eigenvalue weighted by Gasteiger charge is 2.17. The number of hydrogen-bond donors (Lipinski definition) is 0. The largest absolute Gasteiger partial charge is 0.347 e. The van der Waals surface area contributed by atoms with Crippen LogP contribution in [0.4, 0.5) is 0 Å². The van der Waals surface area contributed by atoms with Crippen LogP contribution >= 0.6 is 11.6 Å². The lowest BCUT2D eigenvalue weighted by Crippen LogP contribution is -2.26. The number of imidazole rings is 1. The van der Waals surface area contributed by atoms with Crippen molar-refractivity contribution >= 4 is 28.7 Å². The van der Waals surface area contributed by atoms with Gasteiger partial charge in [-0.3, -0.25) is 9.36 Å². The molecule has 0 aliphatic carbocycles. The van der Waals surface area contributed by atoms with Gasteiger partial charge in [0.1, 0.15) is 17.9 Å². The summed E-state index contributed by atoms with van der Waals surface area (Å²) in [4.78, 5) is 23.0. The average molecular weight is 329 g/mol. The summed E-state index contributed by atoms with van der Waals surface area (Å²) in [5.41, 5.74) is 3.27. The predicted octanol–water partition coefficient (Wildman–Crippen LogP) is 3.15. The molecule has 6 heteroatoms. The Labute approximate surface area is 139 Å². The van der Waals surface area contributed by atoms with Gasteiger partial charge in [-0.15, -0.1) is 0 Å². The van der Waals surface area contributed by atoms with E-state index in [-0.39, 0.29) is 12.5 Å². The molecule has 0 aliphatic rings. The topological polar surface area (TPSA) is 51.0 Å². The second kappa shape index (κ2) is 6.01. The van der Waals surface area contributed by atoms with Gasteiger partial charge in [-0.25, -0.2) is 9.97 Å². The Morgan fingerprint density at radius 3 is 2.48 bits per heavy atom. The molecule has 23 heavy (non-hydrogen) atoms. The Morgan fingerprint density at radius 2 is 1.83 bits per heavy atom. The second-order valence-corrected chi connectivity index (χ2v) is 6.05. The molecule has 2 heterocycles. The van der Waals surface area contributed by atoms with Crippen molar-refractivity contribution < 1.29 is 4.79 Å². The van der Waals surface area contributed by atoms with Gasteiger partial charge < -0.3 is 4.90 Å². The number of halogens is 1. The number of carbonyl (C=O) groups excluding carboxylic acids is 1. The van der Waals surface area contributed by atoms with Crippen molar-refractivity contribution in [2.24, 2.45) is 0 Å². The fourth-order valence-electron chi connectivity index (χ4n) is 2.34. The fourth-order valence-corrected chi connectivity index (χ4v) is 2.47. The van der Waals surface area contributed by atoms with Crippen molar-refractivity contribution in [2.45, 2.75) is 13.5 Å². The maximum atomic E-state index is 12.2. The molecule has 3 aromatic rings. The van der Waals surface area contributed by atoms with E-state index in [2.05, 4.69) is 9.97 Å². The molecule has 0 saturated carbocycles. The average Bonchev–Trinajstić information content (AvgIpc) is 2.86. The molecule has 1 aromatic carbocycles. The molecule has 0 spiro atoms. The van der Waals surface area contributed by atoms with Gasteiger partial charge in [0.25, 0.3) is 0 Å². The van der Waals surface area contributed by atoms with Crippen molar-refractivity contribution in [1.29, 1.82) is 0 Å². The lowest BCUT2D eigenvalue weighted by Gasteiger charge is -2.13. The molecule has 0 radical (unpaired) electrons. The number of pyridine rings is 1. The van der Waals surface area contributed by atoms with Gasteiger partial charge in [-0.05, 0) is 43.3 Å². The van der Waals surface area contributed by atoms with Gasteiger partial charge in [0.15, 0.2) is 5.65 Å². The van der Waals surface area contributed by atoms with E-state index in [1.54, 1.807) is 19.0 Å². The molecular weight excluding hydrogens is 312 g/mol. The minimum Gasteiger partial charge on any atom is -0.347 e. The summed E-state index contributed by atoms with van der Waals surface area (Å²) in [7, 11) is 3.48. The quantitative estimate of drug-likeness (QED) is 0.742. The Morgan fingerprint density at radius 1 is 1.13 bits per heavy atom. The van der Waals surface area contributed by atoms with Crippen LogP contribution in [0.5, 0.6) is 0 Å². The Bertz CT molecular complexity index is 868. The maximum absolute atomic E-state index is 12.2. The normalized spacial score (nSPS) is 11.0. The zero-order valence-electron chi connectivity index (χ0n) is 13.2. The summed E-state index contributed by atoms with van der Waals surface area (Å²) >= 11 is 5.96. The number of nitrogens with zero attached hydrogens (tertiary/aromatic N) is 4. The molecule has 0 aliphatic heterocycles.